The van der Waals surface area contributed by atoms with Gasteiger partial charge >= 0.3 is 12.1 Å². The first-order chi connectivity index (χ1) is 7.43. The SMILES string of the molecule is N#Cc1cccc(NNC(=O)C(F)(F)F)c1. The Balaban J connectivity index is 2.62. The molecule has 1 rings (SSSR count). The number of alkyl halides is 3. The average Bonchev–Trinajstić information content (AvgIpc) is 2.25. The van der Waals surface area contributed by atoms with Gasteiger partial charge in [-0.25, -0.2) is 0 Å². The van der Waals surface area contributed by atoms with E-state index in [1.54, 1.807) is 0 Å². The zero-order valence-corrected chi connectivity index (χ0v) is 7.80. The maximum absolute atomic E-state index is 11.8. The highest BCUT2D eigenvalue weighted by Crippen LogP contribution is 2.14. The van der Waals surface area contributed by atoms with Gasteiger partial charge in [-0.05, 0) is 18.2 Å². The van der Waals surface area contributed by atoms with Gasteiger partial charge in [0.15, 0.2) is 0 Å². The van der Waals surface area contributed by atoms with E-state index in [9.17, 15) is 18.0 Å². The van der Waals surface area contributed by atoms with Crippen molar-refractivity contribution in [1.29, 1.82) is 5.26 Å². The van der Waals surface area contributed by atoms with E-state index in [1.165, 1.54) is 29.7 Å². The van der Waals surface area contributed by atoms with E-state index >= 15 is 0 Å². The van der Waals surface area contributed by atoms with Crippen LogP contribution in [-0.2, 0) is 4.79 Å². The van der Waals surface area contributed by atoms with Crippen LogP contribution < -0.4 is 10.9 Å². The standard InChI is InChI=1S/C9H6F3N3O/c10-9(11,12)8(16)15-14-7-3-1-2-6(4-7)5-13/h1-4,14H,(H,15,16). The van der Waals surface area contributed by atoms with E-state index in [-0.39, 0.29) is 11.3 Å². The Bertz CT molecular complexity index is 436. The number of amides is 1. The minimum absolute atomic E-state index is 0.191. The molecule has 2 N–H and O–H groups in total. The Kier molecular flexibility index (Phi) is 3.35. The molecule has 0 atom stereocenters. The first kappa shape index (κ1) is 11.8. The molecule has 0 saturated heterocycles. The van der Waals surface area contributed by atoms with Crippen molar-refractivity contribution in [3.05, 3.63) is 29.8 Å². The first-order valence-corrected chi connectivity index (χ1v) is 4.07. The molecule has 0 heterocycles. The lowest BCUT2D eigenvalue weighted by molar-refractivity contribution is -0.173. The van der Waals surface area contributed by atoms with Gasteiger partial charge < -0.3 is 0 Å². The van der Waals surface area contributed by atoms with Gasteiger partial charge in [-0.15, -0.1) is 0 Å². The van der Waals surface area contributed by atoms with E-state index in [1.807, 2.05) is 6.07 Å². The fourth-order valence-electron chi connectivity index (χ4n) is 0.866. The minimum atomic E-state index is -4.94. The molecule has 0 radical (unpaired) electrons. The van der Waals surface area contributed by atoms with Gasteiger partial charge in [0.05, 0.1) is 17.3 Å². The van der Waals surface area contributed by atoms with Gasteiger partial charge in [0.2, 0.25) is 0 Å². The summed E-state index contributed by atoms with van der Waals surface area (Å²) in [6, 6.07) is 7.48. The number of nitrogens with zero attached hydrogens (tertiary/aromatic N) is 1. The van der Waals surface area contributed by atoms with Crippen molar-refractivity contribution in [2.75, 3.05) is 5.43 Å². The highest BCUT2D eigenvalue weighted by molar-refractivity contribution is 5.82. The summed E-state index contributed by atoms with van der Waals surface area (Å²) in [5.74, 6) is -2.10. The van der Waals surface area contributed by atoms with E-state index in [4.69, 9.17) is 5.26 Å². The van der Waals surface area contributed by atoms with E-state index in [0.29, 0.717) is 0 Å². The van der Waals surface area contributed by atoms with Crippen LogP contribution >= 0.6 is 0 Å². The Morgan fingerprint density at radius 1 is 1.38 bits per heavy atom. The van der Waals surface area contributed by atoms with Crippen molar-refractivity contribution in [2.24, 2.45) is 0 Å². The molecule has 0 aliphatic carbocycles. The van der Waals surface area contributed by atoms with Crippen molar-refractivity contribution in [3.8, 4) is 6.07 Å². The number of anilines is 1. The number of nitriles is 1. The highest BCUT2D eigenvalue weighted by Gasteiger charge is 2.38. The third-order valence-electron chi connectivity index (χ3n) is 1.57. The lowest BCUT2D eigenvalue weighted by Gasteiger charge is -2.10. The smallest absolute Gasteiger partial charge is 0.298 e. The number of nitrogens with one attached hydrogen (secondary N) is 2. The molecule has 0 fully saturated rings. The number of rotatable bonds is 2. The van der Waals surface area contributed by atoms with Crippen LogP contribution in [0.1, 0.15) is 5.56 Å². The zero-order valence-electron chi connectivity index (χ0n) is 7.80. The van der Waals surface area contributed by atoms with Crippen LogP contribution in [0.2, 0.25) is 0 Å². The molecule has 1 aromatic carbocycles. The zero-order chi connectivity index (χ0) is 12.2. The quantitative estimate of drug-likeness (QED) is 0.756. The Morgan fingerprint density at radius 2 is 2.06 bits per heavy atom. The second kappa shape index (κ2) is 4.53. The lowest BCUT2D eigenvalue weighted by atomic mass is 10.2. The average molecular weight is 229 g/mol. The minimum Gasteiger partial charge on any atom is -0.298 e. The predicted octanol–water partition coefficient (Wildman–Crippen LogP) is 1.56. The molecule has 0 bridgehead atoms. The van der Waals surface area contributed by atoms with E-state index < -0.39 is 12.1 Å². The third kappa shape index (κ3) is 3.16. The third-order valence-corrected chi connectivity index (χ3v) is 1.57. The molecule has 0 aliphatic rings. The predicted molar refractivity (Wildman–Crippen MR) is 49.0 cm³/mol. The summed E-state index contributed by atoms with van der Waals surface area (Å²) in [4.78, 5) is 10.4. The monoisotopic (exact) mass is 229 g/mol. The molecule has 16 heavy (non-hydrogen) atoms. The molecule has 0 spiro atoms. The van der Waals surface area contributed by atoms with Gasteiger partial charge in [-0.3, -0.25) is 15.6 Å². The maximum Gasteiger partial charge on any atom is 0.472 e. The number of hydrazine groups is 1. The molecule has 0 aromatic heterocycles. The number of hydrogen-bond donors (Lipinski definition) is 2. The fraction of sp³-hybridized carbons (Fsp3) is 0.111. The number of carbonyl (C=O) groups is 1. The van der Waals surface area contributed by atoms with Crippen LogP contribution in [0.15, 0.2) is 24.3 Å². The largest absolute Gasteiger partial charge is 0.472 e. The maximum atomic E-state index is 11.8. The lowest BCUT2D eigenvalue weighted by Crippen LogP contribution is -2.40. The van der Waals surface area contributed by atoms with Crippen LogP contribution in [0.25, 0.3) is 0 Å². The summed E-state index contributed by atoms with van der Waals surface area (Å²) in [5.41, 5.74) is 3.98. The van der Waals surface area contributed by atoms with Gasteiger partial charge in [0.25, 0.3) is 0 Å². The van der Waals surface area contributed by atoms with E-state index in [2.05, 4.69) is 5.43 Å². The molecule has 1 aromatic rings. The molecular formula is C9H6F3N3O. The highest BCUT2D eigenvalue weighted by atomic mass is 19.4. The fourth-order valence-corrected chi connectivity index (χ4v) is 0.866. The van der Waals surface area contributed by atoms with Gasteiger partial charge in [-0.2, -0.15) is 18.4 Å². The summed E-state index contributed by atoms with van der Waals surface area (Å²) in [6.45, 7) is 0. The van der Waals surface area contributed by atoms with Crippen molar-refractivity contribution in [3.63, 3.8) is 0 Å². The second-order valence-corrected chi connectivity index (χ2v) is 2.77. The molecule has 0 unspecified atom stereocenters. The first-order valence-electron chi connectivity index (χ1n) is 4.07. The summed E-state index contributed by atoms with van der Waals surface area (Å²) < 4.78 is 35.4. The summed E-state index contributed by atoms with van der Waals surface area (Å²) >= 11 is 0. The summed E-state index contributed by atoms with van der Waals surface area (Å²) in [7, 11) is 0. The van der Waals surface area contributed by atoms with Gasteiger partial charge in [-0.1, -0.05) is 6.07 Å². The molecule has 1 amide bonds. The molecular weight excluding hydrogens is 223 g/mol. The van der Waals surface area contributed by atoms with Crippen molar-refractivity contribution in [1.82, 2.24) is 5.43 Å². The normalized spacial score (nSPS) is 10.4. The summed E-state index contributed by atoms with van der Waals surface area (Å²) in [6.07, 6.45) is -4.94. The van der Waals surface area contributed by atoms with Crippen molar-refractivity contribution >= 4 is 11.6 Å². The molecule has 4 nitrogen and oxygen atoms in total. The molecule has 0 saturated carbocycles. The van der Waals surface area contributed by atoms with Crippen molar-refractivity contribution in [2.45, 2.75) is 6.18 Å². The molecule has 7 heteroatoms. The van der Waals surface area contributed by atoms with Crippen LogP contribution in [0.4, 0.5) is 18.9 Å². The number of carbonyl (C=O) groups excluding carboxylic acids is 1. The van der Waals surface area contributed by atoms with Crippen LogP contribution in [0.5, 0.6) is 0 Å². The van der Waals surface area contributed by atoms with Crippen molar-refractivity contribution < 1.29 is 18.0 Å². The molecule has 84 valence electrons. The van der Waals surface area contributed by atoms with Gasteiger partial charge in [0, 0.05) is 0 Å². The Labute approximate surface area is 88.6 Å². The van der Waals surface area contributed by atoms with Crippen LogP contribution in [0, 0.1) is 11.3 Å². The van der Waals surface area contributed by atoms with Crippen LogP contribution in [0.3, 0.4) is 0 Å². The second-order valence-electron chi connectivity index (χ2n) is 2.77. The number of halogens is 3. The number of benzene rings is 1. The summed E-state index contributed by atoms with van der Waals surface area (Å²) in [5, 5.41) is 8.52. The Morgan fingerprint density at radius 3 is 2.62 bits per heavy atom. The number of hydrogen-bond acceptors (Lipinski definition) is 3. The topological polar surface area (TPSA) is 64.9 Å². The Hall–Kier alpha value is -2.23. The van der Waals surface area contributed by atoms with Crippen LogP contribution in [-0.4, -0.2) is 12.1 Å². The molecule has 0 aliphatic heterocycles. The van der Waals surface area contributed by atoms with E-state index in [0.717, 1.165) is 0 Å². The van der Waals surface area contributed by atoms with Gasteiger partial charge in [0.1, 0.15) is 0 Å².